The van der Waals surface area contributed by atoms with Gasteiger partial charge in [-0.2, -0.15) is 16.8 Å². The number of nitrogens with one attached hydrogen (secondary N) is 8. The molecule has 4 aliphatic carbocycles. The van der Waals surface area contributed by atoms with E-state index in [4.69, 9.17) is 22.1 Å². The molecular weight excluding hydrogens is 1160 g/mol. The Morgan fingerprint density at radius 2 is 0.812 bits per heavy atom. The molecule has 4 saturated carbocycles. The molecule has 20 nitrogen and oxygen atoms in total. The van der Waals surface area contributed by atoms with Gasteiger partial charge in [0.05, 0.1) is 52.7 Å². The Morgan fingerprint density at radius 1 is 0.447 bits per heavy atom. The summed E-state index contributed by atoms with van der Waals surface area (Å²) in [6, 6.07) is 31.7. The average molecular weight is 1250 g/mol. The van der Waals surface area contributed by atoms with Gasteiger partial charge >= 0.3 is 17.1 Å². The van der Waals surface area contributed by atoms with E-state index < -0.39 is 36.9 Å². The van der Waals surface area contributed by atoms with Gasteiger partial charge in [-0.25, -0.2) is 16.2 Å². The Morgan fingerprint density at radius 3 is 1.29 bits per heavy atom. The number of para-hydroxylation sites is 4. The second-order valence-corrected chi connectivity index (χ2v) is 28.4. The summed E-state index contributed by atoms with van der Waals surface area (Å²) >= 11 is 0. The largest absolute Gasteiger partial charge is 2.00 e. The monoisotopic (exact) mass is 1250 g/mol. The van der Waals surface area contributed by atoms with Crippen molar-refractivity contribution in [3.05, 3.63) is 130 Å². The fourth-order valence-electron chi connectivity index (χ4n) is 15.9. The van der Waals surface area contributed by atoms with Gasteiger partial charge in [0.2, 0.25) is 0 Å². The van der Waals surface area contributed by atoms with Crippen molar-refractivity contribution in [3.63, 3.8) is 0 Å². The zero-order chi connectivity index (χ0) is 58.9. The first-order chi connectivity index (χ1) is 40.4. The Hall–Kier alpha value is -4.56. The maximum atomic E-state index is 12.8. The van der Waals surface area contributed by atoms with E-state index in [0.29, 0.717) is 48.4 Å². The van der Waals surface area contributed by atoms with Gasteiger partial charge in [0.15, 0.2) is 11.9 Å². The normalized spacial score (nSPS) is 35.2. The SMILES string of the molecule is Cc1ccccc1N=C(N)Nc1ccccc1C.Cc1ccccc1N=C(N)Nc1ccccc1C.O=S(=O)(O)C1CCCC2C3[N-]C4NC(NC5NC(NC6NC(NC([N-]3)C21)C1CCCCC61)C1CCCC(S(=O)(=O)O)C51)C1CCCCC41.[Cu+2]. The molecule has 5 saturated heterocycles. The molecule has 465 valence electrons. The van der Waals surface area contributed by atoms with Crippen LogP contribution in [-0.2, 0) is 37.3 Å². The van der Waals surface area contributed by atoms with Gasteiger partial charge in [-0.3, -0.25) is 30.4 Å². The maximum Gasteiger partial charge on any atom is 2.00 e. The zero-order valence-corrected chi connectivity index (χ0v) is 51.7. The summed E-state index contributed by atoms with van der Waals surface area (Å²) < 4.78 is 72.3. The molecule has 4 aromatic carbocycles. The number of nitrogens with zero attached hydrogens (tertiary/aromatic N) is 4. The smallest absolute Gasteiger partial charge is 0.662 e. The quantitative estimate of drug-likeness (QED) is 0.0372. The van der Waals surface area contributed by atoms with Crippen LogP contribution in [0, 0.1) is 75.0 Å². The van der Waals surface area contributed by atoms with Gasteiger partial charge in [-0.05, 0) is 148 Å². The number of guanidine groups is 2. The minimum atomic E-state index is -4.26. The van der Waals surface area contributed by atoms with Crippen molar-refractivity contribution in [2.75, 3.05) is 10.6 Å². The van der Waals surface area contributed by atoms with Crippen LogP contribution in [0.5, 0.6) is 0 Å². The third kappa shape index (κ3) is 14.5. The van der Waals surface area contributed by atoms with Crippen LogP contribution in [0.2, 0.25) is 0 Å². The Balaban J connectivity index is 0.000000178. The van der Waals surface area contributed by atoms with Crippen molar-refractivity contribution in [1.29, 1.82) is 0 Å². The number of aliphatic imine (C=N–C) groups is 2. The Bertz CT molecular complexity index is 3020. The van der Waals surface area contributed by atoms with Gasteiger partial charge < -0.3 is 43.4 Å². The molecule has 5 heterocycles. The third-order valence-electron chi connectivity index (χ3n) is 20.0. The molecule has 14 N–H and O–H groups in total. The molecule has 9 fully saturated rings. The van der Waals surface area contributed by atoms with Gasteiger partial charge in [-0.1, -0.05) is 142 Å². The van der Waals surface area contributed by atoms with Crippen molar-refractivity contribution < 1.29 is 43.0 Å². The standard InChI is InChI=1S/C32H54N8O6S2.2C15H17N3.Cu/c41-47(42,43)21-13-5-11-19-23(21)32-38-28-18-10-4-2-8-16(18)26(34-28)36-30-20-12-6-14-22(48(44,45)46)24(20)31(40-30)37-27-17-9-3-1-7-15(17)25(33-27)35-29(19)39-32;2*1-11-7-3-5-9-13(11)17-15(16)18-14-10-6-4-8-12(14)2;/h15-35,37-39H,1-14H2,(H,41,42,43)(H,44,45,46);2*3-10H,1-2H3,(H3,16,17,18);/q-2;;;+2. The summed E-state index contributed by atoms with van der Waals surface area (Å²) in [6.07, 6.45) is 11.2. The van der Waals surface area contributed by atoms with Crippen molar-refractivity contribution in [3.8, 4) is 0 Å². The van der Waals surface area contributed by atoms with Crippen LogP contribution in [0.15, 0.2) is 107 Å². The number of fused-ring (bicyclic) bond motifs is 20. The van der Waals surface area contributed by atoms with Crippen LogP contribution in [0.1, 0.15) is 112 Å². The van der Waals surface area contributed by atoms with Crippen LogP contribution in [0.3, 0.4) is 0 Å². The van der Waals surface area contributed by atoms with E-state index in [9.17, 15) is 25.9 Å². The number of rotatable bonds is 6. The fraction of sp³-hybridized carbons (Fsp3) is 0.581. The molecule has 18 unspecified atom stereocenters. The molecule has 0 spiro atoms. The van der Waals surface area contributed by atoms with Gasteiger partial charge in [0.25, 0.3) is 20.2 Å². The van der Waals surface area contributed by atoms with Crippen LogP contribution in [-0.4, -0.2) is 97.7 Å². The van der Waals surface area contributed by atoms with Crippen LogP contribution >= 0.6 is 0 Å². The molecule has 13 rings (SSSR count). The van der Waals surface area contributed by atoms with Gasteiger partial charge in [0, 0.05) is 17.3 Å². The molecule has 9 aliphatic rings. The fourth-order valence-corrected chi connectivity index (χ4v) is 18.3. The van der Waals surface area contributed by atoms with Crippen molar-refractivity contribution in [2.45, 2.75) is 177 Å². The first-order valence-electron chi connectivity index (χ1n) is 30.7. The topological polar surface area (TPSA) is 310 Å². The van der Waals surface area contributed by atoms with Gasteiger partial charge in [0.1, 0.15) is 0 Å². The van der Waals surface area contributed by atoms with Gasteiger partial charge in [-0.15, -0.1) is 0 Å². The molecule has 23 heteroatoms. The minimum Gasteiger partial charge on any atom is -0.662 e. The van der Waals surface area contributed by atoms with Crippen molar-refractivity contribution >= 4 is 54.9 Å². The summed E-state index contributed by atoms with van der Waals surface area (Å²) in [5, 5.41) is 38.4. The molecule has 5 aliphatic heterocycles. The van der Waals surface area contributed by atoms with E-state index in [1.165, 1.54) is 0 Å². The number of aryl methyl sites for hydroxylation is 4. The summed E-state index contributed by atoms with van der Waals surface area (Å²) in [4.78, 5) is 8.76. The Labute approximate surface area is 513 Å². The van der Waals surface area contributed by atoms with E-state index in [0.717, 1.165) is 122 Å². The summed E-state index contributed by atoms with van der Waals surface area (Å²) in [6.45, 7) is 8.09. The van der Waals surface area contributed by atoms with E-state index in [2.05, 4.69) is 52.5 Å². The molecule has 18 atom stereocenters. The molecule has 85 heavy (non-hydrogen) atoms. The van der Waals surface area contributed by atoms with E-state index in [1.807, 2.05) is 125 Å². The second-order valence-electron chi connectivity index (χ2n) is 25.1. The van der Waals surface area contributed by atoms with Crippen LogP contribution in [0.25, 0.3) is 10.6 Å². The van der Waals surface area contributed by atoms with Crippen LogP contribution in [0.4, 0.5) is 22.7 Å². The average Bonchev–Trinajstić information content (AvgIpc) is 4.42. The molecule has 8 bridgehead atoms. The van der Waals surface area contributed by atoms with E-state index in [-0.39, 0.29) is 83.9 Å². The number of anilines is 2. The molecule has 4 aromatic rings. The zero-order valence-electron chi connectivity index (χ0n) is 49.1. The first-order valence-corrected chi connectivity index (χ1v) is 33.7. The summed E-state index contributed by atoms with van der Waals surface area (Å²) in [5.41, 5.74) is 20.0. The summed E-state index contributed by atoms with van der Waals surface area (Å²) in [5.74, 6) is 1.44. The number of hydrogen-bond acceptors (Lipinski definition) is 12. The van der Waals surface area contributed by atoms with E-state index >= 15 is 0 Å². The summed E-state index contributed by atoms with van der Waals surface area (Å²) in [7, 11) is -8.51. The van der Waals surface area contributed by atoms with Crippen molar-refractivity contribution in [2.24, 2.45) is 68.8 Å². The van der Waals surface area contributed by atoms with Crippen LogP contribution < -0.4 is 54.0 Å². The maximum absolute atomic E-state index is 12.8. The van der Waals surface area contributed by atoms with Crippen molar-refractivity contribution in [1.82, 2.24) is 31.9 Å². The molecule has 1 radical (unpaired) electrons. The predicted octanol–water partition coefficient (Wildman–Crippen LogP) is 8.63. The third-order valence-corrected chi connectivity index (χ3v) is 22.6. The van der Waals surface area contributed by atoms with E-state index in [1.54, 1.807) is 0 Å². The number of hydrogen-bond donors (Lipinski definition) is 12. The molecular formula is C62H88CuN14O6S2. The number of nitrogens with two attached hydrogens (primary N) is 2. The number of benzene rings is 4. The predicted molar refractivity (Wildman–Crippen MR) is 334 cm³/mol. The second kappa shape index (κ2) is 27.4. The molecule has 0 aromatic heterocycles. The Kier molecular flexibility index (Phi) is 20.5. The first kappa shape index (κ1) is 63.5. The minimum absolute atomic E-state index is 0. The molecule has 0 amide bonds.